The van der Waals surface area contributed by atoms with Crippen molar-refractivity contribution in [2.45, 2.75) is 19.1 Å². The van der Waals surface area contributed by atoms with Gasteiger partial charge in [0.05, 0.1) is 25.7 Å². The monoisotopic (exact) mass is 241 g/mol. The largest absolute Gasteiger partial charge is 0.375 e. The summed E-state index contributed by atoms with van der Waals surface area (Å²) in [5, 5.41) is 8.85. The SMILES string of the molecule is O=C(CC1CNCCO1)NCc1nccs1. The number of hydrogen-bond acceptors (Lipinski definition) is 5. The second kappa shape index (κ2) is 5.93. The van der Waals surface area contributed by atoms with Crippen molar-refractivity contribution in [3.63, 3.8) is 0 Å². The fraction of sp³-hybridized carbons (Fsp3) is 0.600. The quantitative estimate of drug-likeness (QED) is 0.787. The minimum Gasteiger partial charge on any atom is -0.375 e. The Morgan fingerprint density at radius 3 is 3.38 bits per heavy atom. The highest BCUT2D eigenvalue weighted by atomic mass is 32.1. The molecule has 5 nitrogen and oxygen atoms in total. The number of carbonyl (C=O) groups excluding carboxylic acids is 1. The molecule has 88 valence electrons. The summed E-state index contributed by atoms with van der Waals surface area (Å²) in [5.41, 5.74) is 0. The van der Waals surface area contributed by atoms with Gasteiger partial charge in [-0.2, -0.15) is 0 Å². The maximum atomic E-state index is 11.6. The van der Waals surface area contributed by atoms with Gasteiger partial charge in [0.2, 0.25) is 5.91 Å². The topological polar surface area (TPSA) is 63.2 Å². The molecule has 1 saturated heterocycles. The molecule has 1 unspecified atom stereocenters. The predicted octanol–water partition coefficient (Wildman–Crippen LogP) is 0.138. The summed E-state index contributed by atoms with van der Waals surface area (Å²) in [4.78, 5) is 15.7. The van der Waals surface area contributed by atoms with Crippen molar-refractivity contribution in [3.05, 3.63) is 16.6 Å². The average Bonchev–Trinajstić information content (AvgIpc) is 2.81. The lowest BCUT2D eigenvalue weighted by atomic mass is 10.2. The Morgan fingerprint density at radius 2 is 2.69 bits per heavy atom. The molecule has 1 aromatic heterocycles. The number of rotatable bonds is 4. The Hall–Kier alpha value is -0.980. The lowest BCUT2D eigenvalue weighted by molar-refractivity contribution is -0.124. The van der Waals surface area contributed by atoms with E-state index in [-0.39, 0.29) is 12.0 Å². The molecule has 1 aliphatic rings. The van der Waals surface area contributed by atoms with E-state index in [1.165, 1.54) is 0 Å². The molecular weight excluding hydrogens is 226 g/mol. The van der Waals surface area contributed by atoms with Crippen molar-refractivity contribution in [1.29, 1.82) is 0 Å². The summed E-state index contributed by atoms with van der Waals surface area (Å²) in [6.07, 6.45) is 2.16. The first kappa shape index (κ1) is 11.5. The van der Waals surface area contributed by atoms with Crippen LogP contribution in [-0.2, 0) is 16.1 Å². The molecule has 2 heterocycles. The molecule has 0 spiro atoms. The Balaban J connectivity index is 1.67. The molecule has 0 aromatic carbocycles. The fourth-order valence-corrected chi connectivity index (χ4v) is 2.10. The van der Waals surface area contributed by atoms with Gasteiger partial charge >= 0.3 is 0 Å². The van der Waals surface area contributed by atoms with Crippen LogP contribution >= 0.6 is 11.3 Å². The lowest BCUT2D eigenvalue weighted by Crippen LogP contribution is -2.41. The van der Waals surface area contributed by atoms with Gasteiger partial charge in [0.1, 0.15) is 5.01 Å². The van der Waals surface area contributed by atoms with Gasteiger partial charge in [-0.1, -0.05) is 0 Å². The zero-order valence-corrected chi connectivity index (χ0v) is 9.76. The average molecular weight is 241 g/mol. The van der Waals surface area contributed by atoms with Crippen LogP contribution in [0.15, 0.2) is 11.6 Å². The van der Waals surface area contributed by atoms with Crippen LogP contribution in [0.3, 0.4) is 0 Å². The Morgan fingerprint density at radius 1 is 1.75 bits per heavy atom. The van der Waals surface area contributed by atoms with Crippen LogP contribution in [0.5, 0.6) is 0 Å². The summed E-state index contributed by atoms with van der Waals surface area (Å²) >= 11 is 1.54. The van der Waals surface area contributed by atoms with Crippen molar-refractivity contribution in [2.24, 2.45) is 0 Å². The van der Waals surface area contributed by atoms with Crippen LogP contribution in [0.2, 0.25) is 0 Å². The molecule has 1 atom stereocenters. The molecule has 2 rings (SSSR count). The van der Waals surface area contributed by atoms with E-state index >= 15 is 0 Å². The van der Waals surface area contributed by atoms with Crippen LogP contribution in [0.4, 0.5) is 0 Å². The maximum Gasteiger partial charge on any atom is 0.223 e. The third-order valence-electron chi connectivity index (χ3n) is 2.34. The minimum absolute atomic E-state index is 0.00467. The summed E-state index contributed by atoms with van der Waals surface area (Å²) in [5.74, 6) is 0.0175. The molecule has 1 fully saturated rings. The first-order valence-electron chi connectivity index (χ1n) is 5.32. The van der Waals surface area contributed by atoms with E-state index in [1.807, 2.05) is 5.38 Å². The van der Waals surface area contributed by atoms with Crippen molar-refractivity contribution in [1.82, 2.24) is 15.6 Å². The molecule has 2 N–H and O–H groups in total. The van der Waals surface area contributed by atoms with Crippen LogP contribution in [0, 0.1) is 0 Å². The summed E-state index contributed by atoms with van der Waals surface area (Å²) in [7, 11) is 0. The zero-order chi connectivity index (χ0) is 11.2. The van der Waals surface area contributed by atoms with Gasteiger partial charge < -0.3 is 15.4 Å². The van der Waals surface area contributed by atoms with Crippen LogP contribution in [0.25, 0.3) is 0 Å². The number of ether oxygens (including phenoxy) is 1. The summed E-state index contributed by atoms with van der Waals surface area (Å²) in [6, 6.07) is 0. The highest BCUT2D eigenvalue weighted by molar-refractivity contribution is 7.09. The molecule has 6 heteroatoms. The van der Waals surface area contributed by atoms with E-state index in [0.717, 1.165) is 18.1 Å². The maximum absolute atomic E-state index is 11.6. The Kier molecular flexibility index (Phi) is 4.26. The highest BCUT2D eigenvalue weighted by Crippen LogP contribution is 2.04. The van der Waals surface area contributed by atoms with E-state index < -0.39 is 0 Å². The van der Waals surface area contributed by atoms with Crippen LogP contribution < -0.4 is 10.6 Å². The van der Waals surface area contributed by atoms with Gasteiger partial charge in [-0.25, -0.2) is 4.98 Å². The van der Waals surface area contributed by atoms with Gasteiger partial charge in [-0.05, 0) is 0 Å². The van der Waals surface area contributed by atoms with E-state index in [4.69, 9.17) is 4.74 Å². The number of aromatic nitrogens is 1. The Bertz CT molecular complexity index is 323. The molecule has 0 aliphatic carbocycles. The number of hydrogen-bond donors (Lipinski definition) is 2. The number of nitrogens with zero attached hydrogens (tertiary/aromatic N) is 1. The van der Waals surface area contributed by atoms with Crippen molar-refractivity contribution >= 4 is 17.2 Å². The van der Waals surface area contributed by atoms with Crippen LogP contribution in [0.1, 0.15) is 11.4 Å². The normalized spacial score (nSPS) is 20.6. The van der Waals surface area contributed by atoms with E-state index in [1.54, 1.807) is 17.5 Å². The first-order chi connectivity index (χ1) is 7.84. The minimum atomic E-state index is 0.00467. The van der Waals surface area contributed by atoms with Gasteiger partial charge in [-0.15, -0.1) is 11.3 Å². The third kappa shape index (κ3) is 3.55. The van der Waals surface area contributed by atoms with Gasteiger partial charge in [0.15, 0.2) is 0 Å². The second-order valence-electron chi connectivity index (χ2n) is 3.60. The van der Waals surface area contributed by atoms with Gasteiger partial charge in [-0.3, -0.25) is 4.79 Å². The summed E-state index contributed by atoms with van der Waals surface area (Å²) < 4.78 is 5.45. The molecule has 0 bridgehead atoms. The standard InChI is InChI=1S/C10H15N3O2S/c14-9(5-8-6-11-1-3-15-8)13-7-10-12-2-4-16-10/h2,4,8,11H,1,3,5-7H2,(H,13,14). The molecule has 1 aromatic rings. The molecule has 1 amide bonds. The van der Waals surface area contributed by atoms with Crippen molar-refractivity contribution in [2.75, 3.05) is 19.7 Å². The number of morpholine rings is 1. The lowest BCUT2D eigenvalue weighted by Gasteiger charge is -2.22. The molecule has 0 radical (unpaired) electrons. The first-order valence-corrected chi connectivity index (χ1v) is 6.20. The second-order valence-corrected chi connectivity index (χ2v) is 4.58. The predicted molar refractivity (Wildman–Crippen MR) is 61.2 cm³/mol. The fourth-order valence-electron chi connectivity index (χ4n) is 1.54. The van der Waals surface area contributed by atoms with Crippen molar-refractivity contribution < 1.29 is 9.53 Å². The number of amides is 1. The number of thiazole rings is 1. The molecular formula is C10H15N3O2S. The highest BCUT2D eigenvalue weighted by Gasteiger charge is 2.16. The van der Waals surface area contributed by atoms with Crippen molar-refractivity contribution in [3.8, 4) is 0 Å². The van der Waals surface area contributed by atoms with Gasteiger partial charge in [0.25, 0.3) is 0 Å². The molecule has 16 heavy (non-hydrogen) atoms. The van der Waals surface area contributed by atoms with E-state index in [9.17, 15) is 4.79 Å². The molecule has 0 saturated carbocycles. The smallest absolute Gasteiger partial charge is 0.223 e. The zero-order valence-electron chi connectivity index (χ0n) is 8.94. The molecule has 1 aliphatic heterocycles. The van der Waals surface area contributed by atoms with Crippen LogP contribution in [-0.4, -0.2) is 36.7 Å². The third-order valence-corrected chi connectivity index (χ3v) is 3.12. The van der Waals surface area contributed by atoms with E-state index in [0.29, 0.717) is 19.6 Å². The Labute approximate surface area is 98.2 Å². The number of nitrogens with one attached hydrogen (secondary N) is 2. The van der Waals surface area contributed by atoms with E-state index in [2.05, 4.69) is 15.6 Å². The van der Waals surface area contributed by atoms with Gasteiger partial charge in [0, 0.05) is 24.7 Å². The summed E-state index contributed by atoms with van der Waals surface area (Å²) in [6.45, 7) is 2.82. The number of carbonyl (C=O) groups is 1.